The number of pyridine rings is 1. The van der Waals surface area contributed by atoms with Crippen molar-refractivity contribution in [3.05, 3.63) is 96.1 Å². The quantitative estimate of drug-likeness (QED) is 0.264. The third kappa shape index (κ3) is 5.98. The van der Waals surface area contributed by atoms with Gasteiger partial charge in [0.25, 0.3) is 5.91 Å². The number of hydrogen-bond acceptors (Lipinski definition) is 9. The highest BCUT2D eigenvalue weighted by Crippen LogP contribution is 2.28. The van der Waals surface area contributed by atoms with Crippen LogP contribution in [0.3, 0.4) is 0 Å². The molecule has 4 heterocycles. The van der Waals surface area contributed by atoms with Crippen LogP contribution in [0.2, 0.25) is 0 Å². The van der Waals surface area contributed by atoms with Gasteiger partial charge in [-0.1, -0.05) is 11.2 Å². The molecule has 2 N–H and O–H groups in total. The smallest absolute Gasteiger partial charge is 0.255 e. The standard InChI is InChI=1S/C32H32N8O2/c1-21-4-5-23(31(41)36-26-6-8-27(9-7-26)40-14-12-39(3)13-15-40)17-29(21)38-32-34-11-10-28(37-32)24-16-25(20-33-19-24)30-22(2)18-35-42-30/h4-11,16-20H,12-15H2,1-3H3,(H,36,41)(H,34,37,38). The first-order valence-corrected chi connectivity index (χ1v) is 13.9. The fourth-order valence-electron chi connectivity index (χ4n) is 4.89. The van der Waals surface area contributed by atoms with Crippen molar-refractivity contribution in [1.82, 2.24) is 25.0 Å². The molecule has 3 aromatic heterocycles. The van der Waals surface area contributed by atoms with E-state index in [-0.39, 0.29) is 5.91 Å². The molecule has 42 heavy (non-hydrogen) atoms. The molecule has 1 amide bonds. The molecule has 0 saturated carbocycles. The van der Waals surface area contributed by atoms with Crippen molar-refractivity contribution in [2.45, 2.75) is 13.8 Å². The summed E-state index contributed by atoms with van der Waals surface area (Å²) in [7, 11) is 2.14. The lowest BCUT2D eigenvalue weighted by Crippen LogP contribution is -2.44. The van der Waals surface area contributed by atoms with Gasteiger partial charge in [-0.05, 0) is 75.0 Å². The number of carbonyl (C=O) groups excluding carboxylic acids is 1. The zero-order valence-electron chi connectivity index (χ0n) is 23.8. The fourth-order valence-corrected chi connectivity index (χ4v) is 4.89. The number of piperazine rings is 1. The van der Waals surface area contributed by atoms with Gasteiger partial charge in [0.15, 0.2) is 5.76 Å². The van der Waals surface area contributed by atoms with Gasteiger partial charge >= 0.3 is 0 Å². The number of amides is 1. The van der Waals surface area contributed by atoms with E-state index >= 15 is 0 Å². The molecule has 2 aromatic carbocycles. The van der Waals surface area contributed by atoms with Crippen LogP contribution in [-0.2, 0) is 0 Å². The molecule has 0 bridgehead atoms. The van der Waals surface area contributed by atoms with E-state index in [1.807, 2.05) is 56.3 Å². The number of carbonyl (C=O) groups is 1. The average Bonchev–Trinajstić information content (AvgIpc) is 3.45. The van der Waals surface area contributed by atoms with E-state index in [0.29, 0.717) is 23.0 Å². The Hall–Kier alpha value is -5.09. The van der Waals surface area contributed by atoms with Gasteiger partial charge in [0.2, 0.25) is 5.95 Å². The van der Waals surface area contributed by atoms with E-state index in [9.17, 15) is 4.79 Å². The number of nitrogens with zero attached hydrogens (tertiary/aromatic N) is 6. The Morgan fingerprint density at radius 3 is 2.43 bits per heavy atom. The molecule has 10 nitrogen and oxygen atoms in total. The molecule has 0 aliphatic carbocycles. The van der Waals surface area contributed by atoms with Gasteiger partial charge in [-0.3, -0.25) is 9.78 Å². The minimum absolute atomic E-state index is 0.189. The molecule has 0 radical (unpaired) electrons. The topological polar surface area (TPSA) is 112 Å². The second kappa shape index (κ2) is 11.8. The van der Waals surface area contributed by atoms with Crippen LogP contribution in [-0.4, -0.2) is 64.1 Å². The fraction of sp³-hybridized carbons (Fsp3) is 0.219. The summed E-state index contributed by atoms with van der Waals surface area (Å²) in [4.78, 5) is 31.3. The maximum atomic E-state index is 13.1. The van der Waals surface area contributed by atoms with Gasteiger partial charge in [0, 0.05) is 84.1 Å². The van der Waals surface area contributed by atoms with Crippen molar-refractivity contribution in [2.24, 2.45) is 0 Å². The number of likely N-dealkylation sites (N-methyl/N-ethyl adjacent to an activating group) is 1. The van der Waals surface area contributed by atoms with Crippen molar-refractivity contribution in [3.63, 3.8) is 0 Å². The molecule has 10 heteroatoms. The number of nitrogens with one attached hydrogen (secondary N) is 2. The summed E-state index contributed by atoms with van der Waals surface area (Å²) in [6, 6.07) is 17.3. The van der Waals surface area contributed by atoms with Gasteiger partial charge < -0.3 is 25.0 Å². The Morgan fingerprint density at radius 2 is 1.67 bits per heavy atom. The molecule has 0 unspecified atom stereocenters. The van der Waals surface area contributed by atoms with Crippen LogP contribution in [0.5, 0.6) is 0 Å². The average molecular weight is 561 g/mol. The monoisotopic (exact) mass is 560 g/mol. The molecule has 1 aliphatic heterocycles. The van der Waals surface area contributed by atoms with Crippen molar-refractivity contribution < 1.29 is 9.32 Å². The first-order valence-electron chi connectivity index (χ1n) is 13.9. The molecular formula is C32H32N8O2. The van der Waals surface area contributed by atoms with Crippen LogP contribution >= 0.6 is 0 Å². The molecular weight excluding hydrogens is 528 g/mol. The van der Waals surface area contributed by atoms with Crippen molar-refractivity contribution in [3.8, 4) is 22.6 Å². The molecule has 1 fully saturated rings. The minimum Gasteiger partial charge on any atom is -0.369 e. The largest absolute Gasteiger partial charge is 0.369 e. The molecule has 0 atom stereocenters. The lowest BCUT2D eigenvalue weighted by molar-refractivity contribution is 0.102. The Bertz CT molecular complexity index is 1710. The number of anilines is 4. The first-order chi connectivity index (χ1) is 20.4. The third-order valence-corrected chi connectivity index (χ3v) is 7.44. The summed E-state index contributed by atoms with van der Waals surface area (Å²) in [6.45, 7) is 8.00. The lowest BCUT2D eigenvalue weighted by Gasteiger charge is -2.34. The number of aromatic nitrogens is 4. The Morgan fingerprint density at radius 1 is 0.881 bits per heavy atom. The van der Waals surface area contributed by atoms with E-state index in [0.717, 1.165) is 59.8 Å². The molecule has 0 spiro atoms. The highest BCUT2D eigenvalue weighted by atomic mass is 16.5. The van der Waals surface area contributed by atoms with Gasteiger partial charge in [-0.2, -0.15) is 0 Å². The molecule has 5 aromatic rings. The summed E-state index contributed by atoms with van der Waals surface area (Å²) < 4.78 is 5.39. The number of aryl methyl sites for hydroxylation is 2. The first kappa shape index (κ1) is 27.1. The van der Waals surface area contributed by atoms with E-state index in [4.69, 9.17) is 9.51 Å². The highest BCUT2D eigenvalue weighted by Gasteiger charge is 2.15. The summed E-state index contributed by atoms with van der Waals surface area (Å²) in [5.74, 6) is 0.896. The Labute approximate surface area is 244 Å². The van der Waals surface area contributed by atoms with Gasteiger partial charge in [-0.15, -0.1) is 0 Å². The summed E-state index contributed by atoms with van der Waals surface area (Å²) in [5.41, 5.74) is 7.42. The molecule has 1 aliphatic rings. The van der Waals surface area contributed by atoms with Crippen molar-refractivity contribution in [2.75, 3.05) is 48.8 Å². The maximum Gasteiger partial charge on any atom is 0.255 e. The summed E-state index contributed by atoms with van der Waals surface area (Å²) in [5, 5.41) is 10.2. The Kier molecular flexibility index (Phi) is 7.61. The van der Waals surface area contributed by atoms with Crippen LogP contribution in [0.1, 0.15) is 21.5 Å². The molecule has 6 rings (SSSR count). The predicted molar refractivity (Wildman–Crippen MR) is 164 cm³/mol. The molecule has 1 saturated heterocycles. The van der Waals surface area contributed by atoms with Gasteiger partial charge in [0.1, 0.15) is 0 Å². The number of benzene rings is 2. The summed E-state index contributed by atoms with van der Waals surface area (Å²) >= 11 is 0. The zero-order chi connectivity index (χ0) is 29.1. The van der Waals surface area contributed by atoms with Crippen molar-refractivity contribution >= 4 is 28.9 Å². The van der Waals surface area contributed by atoms with Gasteiger partial charge in [0.05, 0.1) is 11.9 Å². The SMILES string of the molecule is Cc1ccc(C(=O)Nc2ccc(N3CCN(C)CC3)cc2)cc1Nc1nccc(-c2cncc(-c3oncc3C)c2)n1. The molecule has 212 valence electrons. The number of rotatable bonds is 7. The van der Waals surface area contributed by atoms with Crippen LogP contribution in [0.15, 0.2) is 83.9 Å². The normalized spacial score (nSPS) is 13.6. The zero-order valence-corrected chi connectivity index (χ0v) is 23.8. The minimum atomic E-state index is -0.189. The summed E-state index contributed by atoms with van der Waals surface area (Å²) in [6.07, 6.45) is 6.85. The third-order valence-electron chi connectivity index (χ3n) is 7.44. The van der Waals surface area contributed by atoms with E-state index in [1.165, 1.54) is 5.69 Å². The highest BCUT2D eigenvalue weighted by molar-refractivity contribution is 6.05. The van der Waals surface area contributed by atoms with E-state index < -0.39 is 0 Å². The second-order valence-corrected chi connectivity index (χ2v) is 10.5. The van der Waals surface area contributed by atoms with E-state index in [2.05, 4.69) is 54.7 Å². The Balaban J connectivity index is 1.16. The van der Waals surface area contributed by atoms with Crippen LogP contribution in [0.25, 0.3) is 22.6 Å². The number of hydrogen-bond donors (Lipinski definition) is 2. The lowest BCUT2D eigenvalue weighted by atomic mass is 10.1. The van der Waals surface area contributed by atoms with E-state index in [1.54, 1.807) is 24.8 Å². The van der Waals surface area contributed by atoms with Crippen LogP contribution < -0.4 is 15.5 Å². The second-order valence-electron chi connectivity index (χ2n) is 10.5. The maximum absolute atomic E-state index is 13.1. The van der Waals surface area contributed by atoms with Gasteiger partial charge in [-0.25, -0.2) is 9.97 Å². The van der Waals surface area contributed by atoms with Crippen molar-refractivity contribution in [1.29, 1.82) is 0 Å². The van der Waals surface area contributed by atoms with Crippen LogP contribution in [0.4, 0.5) is 23.0 Å². The predicted octanol–water partition coefficient (Wildman–Crippen LogP) is 5.56. The van der Waals surface area contributed by atoms with Crippen LogP contribution in [0, 0.1) is 13.8 Å².